The van der Waals surface area contributed by atoms with Crippen molar-refractivity contribution in [3.05, 3.63) is 0 Å². The zero-order valence-electron chi connectivity index (χ0n) is 15.8. The third-order valence-electron chi connectivity index (χ3n) is 3.46. The molecule has 0 aliphatic heterocycles. The van der Waals surface area contributed by atoms with E-state index in [0.717, 1.165) is 0 Å². The highest BCUT2D eigenvalue weighted by Crippen LogP contribution is 2.12. The summed E-state index contributed by atoms with van der Waals surface area (Å²) < 4.78 is 0. The van der Waals surface area contributed by atoms with Crippen LogP contribution in [0.4, 0.5) is 0 Å². The summed E-state index contributed by atoms with van der Waals surface area (Å²) in [5.74, 6) is 0. The largest absolute Gasteiger partial charge is 0.412 e. The topological polar surface area (TPSA) is 34.7 Å². The van der Waals surface area contributed by atoms with Crippen LogP contribution in [0.25, 0.3) is 0 Å². The molecule has 0 saturated heterocycles. The average Bonchev–Trinajstić information content (AvgIpc) is 2.39. The van der Waals surface area contributed by atoms with Crippen LogP contribution >= 0.6 is 0 Å². The third kappa shape index (κ3) is 38.3. The predicted octanol–water partition coefficient (Wildman–Crippen LogP) is 5.84. The van der Waals surface area contributed by atoms with E-state index in [2.05, 4.69) is 13.8 Å². The van der Waals surface area contributed by atoms with E-state index in [1.165, 1.54) is 89.9 Å². The van der Waals surface area contributed by atoms with Crippen LogP contribution in [0.15, 0.2) is 0 Å². The first-order valence-corrected chi connectivity index (χ1v) is 9.26. The molecule has 0 heterocycles. The Morgan fingerprint density at radius 1 is 0.429 bits per heavy atom. The van der Waals surface area contributed by atoms with Gasteiger partial charge >= 0.3 is 0 Å². The number of nitrogens with zero attached hydrogens (tertiary/aromatic N) is 1. The maximum atomic E-state index is 2.29. The molecule has 0 bridgehead atoms. The van der Waals surface area contributed by atoms with Gasteiger partial charge in [0, 0.05) is 0 Å². The lowest BCUT2D eigenvalue weighted by atomic mass is 10.0. The fourth-order valence-electron chi connectivity index (χ4n) is 2.27. The summed E-state index contributed by atoms with van der Waals surface area (Å²) in [5.41, 5.74) is 0. The first-order chi connectivity index (χ1) is 9.65. The summed E-state index contributed by atoms with van der Waals surface area (Å²) in [6.07, 6.45) is 20.4. The van der Waals surface area contributed by atoms with Gasteiger partial charge < -0.3 is 10.4 Å². The highest BCUT2D eigenvalue weighted by molar-refractivity contribution is 4.48. The minimum atomic E-state index is 0. The van der Waals surface area contributed by atoms with Gasteiger partial charge in [-0.15, -0.1) is 0 Å². The average molecular weight is 304 g/mol. The van der Waals surface area contributed by atoms with Crippen LogP contribution in [0, 0.1) is 0 Å². The Hall–Kier alpha value is -0.0800. The molecule has 0 amide bonds. The summed E-state index contributed by atoms with van der Waals surface area (Å²) in [5, 5.41) is 0. The first-order valence-electron chi connectivity index (χ1n) is 9.26. The van der Waals surface area contributed by atoms with E-state index in [1.807, 2.05) is 26.0 Å². The van der Waals surface area contributed by atoms with E-state index >= 15 is 0 Å². The van der Waals surface area contributed by atoms with Crippen molar-refractivity contribution in [3.63, 3.8) is 0 Å². The van der Waals surface area contributed by atoms with Gasteiger partial charge in [-0.2, -0.15) is 0 Å². The first kappa shape index (κ1) is 25.9. The summed E-state index contributed by atoms with van der Waals surface area (Å²) >= 11 is 0. The van der Waals surface area contributed by atoms with Crippen molar-refractivity contribution in [2.45, 2.75) is 104 Å². The molecule has 0 saturated carbocycles. The van der Waals surface area contributed by atoms with Crippen LogP contribution in [0.3, 0.4) is 0 Å². The van der Waals surface area contributed by atoms with Crippen LogP contribution in [0.1, 0.15) is 104 Å². The summed E-state index contributed by atoms with van der Waals surface area (Å²) in [6, 6.07) is 0. The molecule has 0 aliphatic carbocycles. The molecule has 0 aromatic carbocycles. The summed E-state index contributed by atoms with van der Waals surface area (Å²) in [6.45, 7) is 4.58. The molecular weight excluding hydrogens is 258 g/mol. The number of rotatable bonds is 13. The van der Waals surface area contributed by atoms with Crippen LogP contribution in [-0.4, -0.2) is 31.5 Å². The third-order valence-corrected chi connectivity index (χ3v) is 3.46. The van der Waals surface area contributed by atoms with Gasteiger partial charge in [0.25, 0.3) is 0 Å². The van der Waals surface area contributed by atoms with Crippen molar-refractivity contribution < 1.29 is 5.48 Å². The Morgan fingerprint density at radius 2 is 0.571 bits per heavy atom. The zero-order chi connectivity index (χ0) is 15.5. The molecule has 132 valence electrons. The lowest BCUT2D eigenvalue weighted by molar-refractivity contribution is 0.505. The van der Waals surface area contributed by atoms with Crippen molar-refractivity contribution in [2.24, 2.45) is 0 Å². The standard InChI is InChI=1S/C16H34.C3H9N.H2O/c1-3-5-7-9-11-13-15-16-14-12-10-8-6-4-2;1-4(2)3;/h3-16H2,1-2H3;1-3H3;1H2. The molecule has 0 rings (SSSR count). The van der Waals surface area contributed by atoms with Gasteiger partial charge in [0.2, 0.25) is 0 Å². The lowest BCUT2D eigenvalue weighted by Gasteiger charge is -2.02. The van der Waals surface area contributed by atoms with Crippen LogP contribution < -0.4 is 0 Å². The van der Waals surface area contributed by atoms with E-state index in [-0.39, 0.29) is 5.48 Å². The Labute approximate surface area is 136 Å². The van der Waals surface area contributed by atoms with Gasteiger partial charge in [0.15, 0.2) is 0 Å². The molecule has 0 atom stereocenters. The van der Waals surface area contributed by atoms with Gasteiger partial charge in [-0.1, -0.05) is 104 Å². The van der Waals surface area contributed by atoms with Gasteiger partial charge in [-0.3, -0.25) is 0 Å². The number of hydrogen-bond donors (Lipinski definition) is 0. The normalized spacial score (nSPS) is 10.0. The maximum absolute atomic E-state index is 2.29. The van der Waals surface area contributed by atoms with E-state index in [0.29, 0.717) is 0 Å². The SMILES string of the molecule is CCCCCCCCCCCCCCCC.CN(C)C.O. The van der Waals surface area contributed by atoms with Crippen LogP contribution in [0.5, 0.6) is 0 Å². The Balaban J connectivity index is -0.000000572. The molecule has 0 spiro atoms. The molecule has 0 aromatic rings. The molecule has 2 heteroatoms. The van der Waals surface area contributed by atoms with E-state index in [4.69, 9.17) is 0 Å². The molecule has 21 heavy (non-hydrogen) atoms. The van der Waals surface area contributed by atoms with Crippen molar-refractivity contribution in [1.29, 1.82) is 0 Å². The van der Waals surface area contributed by atoms with Gasteiger partial charge in [0.1, 0.15) is 0 Å². The smallest absolute Gasteiger partial charge is 0.0140 e. The molecule has 0 radical (unpaired) electrons. The quantitative estimate of drug-likeness (QED) is 0.393. The molecule has 0 aliphatic rings. The lowest BCUT2D eigenvalue weighted by Crippen LogP contribution is -1.99. The zero-order valence-corrected chi connectivity index (χ0v) is 15.8. The van der Waals surface area contributed by atoms with Gasteiger partial charge in [0.05, 0.1) is 0 Å². The monoisotopic (exact) mass is 303 g/mol. The maximum Gasteiger partial charge on any atom is -0.0140 e. The Bertz CT molecular complexity index is 132. The minimum Gasteiger partial charge on any atom is -0.412 e. The predicted molar refractivity (Wildman–Crippen MR) is 99.2 cm³/mol. The highest BCUT2D eigenvalue weighted by Gasteiger charge is 1.92. The molecule has 0 aromatic heterocycles. The summed E-state index contributed by atoms with van der Waals surface area (Å²) in [4.78, 5) is 2.00. The second-order valence-corrected chi connectivity index (χ2v) is 6.58. The van der Waals surface area contributed by atoms with Crippen LogP contribution in [-0.2, 0) is 0 Å². The highest BCUT2D eigenvalue weighted by atomic mass is 16.0. The minimum absolute atomic E-state index is 0. The fourth-order valence-corrected chi connectivity index (χ4v) is 2.27. The van der Waals surface area contributed by atoms with Crippen molar-refractivity contribution in [2.75, 3.05) is 21.1 Å². The van der Waals surface area contributed by atoms with Gasteiger partial charge in [-0.25, -0.2) is 0 Å². The molecule has 0 unspecified atom stereocenters. The van der Waals surface area contributed by atoms with Crippen molar-refractivity contribution in [1.82, 2.24) is 4.90 Å². The van der Waals surface area contributed by atoms with Crippen molar-refractivity contribution in [3.8, 4) is 0 Å². The Morgan fingerprint density at radius 3 is 0.714 bits per heavy atom. The van der Waals surface area contributed by atoms with E-state index < -0.39 is 0 Å². The molecule has 0 fully saturated rings. The molecular formula is C19H45NO. The van der Waals surface area contributed by atoms with E-state index in [1.54, 1.807) is 0 Å². The molecule has 2 N–H and O–H groups in total. The molecule has 2 nitrogen and oxygen atoms in total. The van der Waals surface area contributed by atoms with Crippen LogP contribution in [0.2, 0.25) is 0 Å². The number of unbranched alkanes of at least 4 members (excludes halogenated alkanes) is 13. The van der Waals surface area contributed by atoms with Gasteiger partial charge in [-0.05, 0) is 21.1 Å². The van der Waals surface area contributed by atoms with E-state index in [9.17, 15) is 0 Å². The second kappa shape index (κ2) is 24.9. The summed E-state index contributed by atoms with van der Waals surface area (Å²) in [7, 11) is 6.00. The fraction of sp³-hybridized carbons (Fsp3) is 1.00. The Kier molecular flexibility index (Phi) is 30.7. The van der Waals surface area contributed by atoms with Crippen molar-refractivity contribution >= 4 is 0 Å². The number of hydrogen-bond acceptors (Lipinski definition) is 1. The second-order valence-electron chi connectivity index (χ2n) is 6.58.